The lowest BCUT2D eigenvalue weighted by Gasteiger charge is -2.39. The number of carbonyl (C=O) groups excluding carboxylic acids is 1. The van der Waals surface area contributed by atoms with Crippen LogP contribution in [0.1, 0.15) is 39.2 Å². The van der Waals surface area contributed by atoms with Crippen molar-refractivity contribution in [3.8, 4) is 0 Å². The highest BCUT2D eigenvalue weighted by Crippen LogP contribution is 2.38. The summed E-state index contributed by atoms with van der Waals surface area (Å²) in [6.45, 7) is 5.78. The molecular weight excluding hydrogens is 340 g/mol. The minimum Gasteiger partial charge on any atom is -0.481 e. The van der Waals surface area contributed by atoms with Crippen molar-refractivity contribution in [3.63, 3.8) is 0 Å². The molecule has 2 rings (SSSR count). The number of aliphatic carboxylic acids is 1. The van der Waals surface area contributed by atoms with E-state index in [1.54, 1.807) is 39.0 Å². The summed E-state index contributed by atoms with van der Waals surface area (Å²) >= 11 is 0. The number of carboxylic acid groups (broad SMARTS) is 1. The van der Waals surface area contributed by atoms with Crippen LogP contribution in [0, 0.1) is 15.5 Å². The molecule has 1 saturated heterocycles. The fourth-order valence-electron chi connectivity index (χ4n) is 3.11. The van der Waals surface area contributed by atoms with Crippen LogP contribution in [0.5, 0.6) is 0 Å². The minimum absolute atomic E-state index is 0.0572. The molecule has 142 valence electrons. The summed E-state index contributed by atoms with van der Waals surface area (Å²) in [6, 6.07) is 6.18. The van der Waals surface area contributed by atoms with Gasteiger partial charge in [0.05, 0.1) is 10.3 Å². The number of hydrogen-bond donors (Lipinski definition) is 1. The van der Waals surface area contributed by atoms with Gasteiger partial charge in [0.15, 0.2) is 0 Å². The largest absolute Gasteiger partial charge is 0.481 e. The van der Waals surface area contributed by atoms with E-state index in [2.05, 4.69) is 0 Å². The molecule has 1 amide bonds. The van der Waals surface area contributed by atoms with Crippen LogP contribution in [0.4, 0.5) is 10.5 Å². The van der Waals surface area contributed by atoms with Gasteiger partial charge in [0.1, 0.15) is 5.60 Å². The average Bonchev–Trinajstić information content (AvgIpc) is 2.54. The van der Waals surface area contributed by atoms with Crippen LogP contribution in [0.25, 0.3) is 0 Å². The zero-order valence-electron chi connectivity index (χ0n) is 15.2. The zero-order valence-corrected chi connectivity index (χ0v) is 15.2. The summed E-state index contributed by atoms with van der Waals surface area (Å²) < 4.78 is 5.32. The monoisotopic (exact) mass is 364 g/mol. The third kappa shape index (κ3) is 4.50. The second kappa shape index (κ2) is 7.31. The van der Waals surface area contributed by atoms with Crippen LogP contribution in [0.3, 0.4) is 0 Å². The summed E-state index contributed by atoms with van der Waals surface area (Å²) in [7, 11) is 0. The standard InChI is InChI=1S/C18H24N2O6/c1-17(2,3)26-16(23)19-10-8-18(9-11-19,15(21)22)12-13-6-4-5-7-14(13)20(24)25/h4-7H,8-12H2,1-3H3,(H,21,22). The van der Waals surface area contributed by atoms with E-state index in [9.17, 15) is 24.8 Å². The Balaban J connectivity index is 2.15. The molecule has 1 aliphatic rings. The summed E-state index contributed by atoms with van der Waals surface area (Å²) in [5.74, 6) is -1.00. The molecule has 1 aromatic carbocycles. The van der Waals surface area contributed by atoms with Gasteiger partial charge >= 0.3 is 12.1 Å². The number of para-hydroxylation sites is 1. The highest BCUT2D eigenvalue weighted by molar-refractivity contribution is 5.76. The Morgan fingerprint density at radius 2 is 1.85 bits per heavy atom. The molecule has 8 heteroatoms. The zero-order chi connectivity index (χ0) is 19.5. The van der Waals surface area contributed by atoms with Crippen LogP contribution >= 0.6 is 0 Å². The smallest absolute Gasteiger partial charge is 0.410 e. The lowest BCUT2D eigenvalue weighted by Crippen LogP contribution is -2.48. The summed E-state index contributed by atoms with van der Waals surface area (Å²) in [4.78, 5) is 36.3. The first kappa shape index (κ1) is 19.7. The van der Waals surface area contributed by atoms with Crippen LogP contribution < -0.4 is 0 Å². The van der Waals surface area contributed by atoms with Gasteiger partial charge in [-0.05, 0) is 40.0 Å². The van der Waals surface area contributed by atoms with E-state index in [1.165, 1.54) is 11.0 Å². The van der Waals surface area contributed by atoms with E-state index in [1.807, 2.05) is 0 Å². The van der Waals surface area contributed by atoms with Gasteiger partial charge in [-0.25, -0.2) is 4.79 Å². The molecular formula is C18H24N2O6. The van der Waals surface area contributed by atoms with Gasteiger partial charge in [0.2, 0.25) is 0 Å². The number of carboxylic acids is 1. The second-order valence-electron chi connectivity index (χ2n) is 7.62. The molecule has 8 nitrogen and oxygen atoms in total. The molecule has 1 fully saturated rings. The van der Waals surface area contributed by atoms with Gasteiger partial charge in [-0.1, -0.05) is 18.2 Å². The second-order valence-corrected chi connectivity index (χ2v) is 7.62. The Hall–Kier alpha value is -2.64. The quantitative estimate of drug-likeness (QED) is 0.649. The highest BCUT2D eigenvalue weighted by Gasteiger charge is 2.44. The summed E-state index contributed by atoms with van der Waals surface area (Å²) in [5.41, 5.74) is -1.44. The first-order valence-corrected chi connectivity index (χ1v) is 8.48. The molecule has 1 heterocycles. The van der Waals surface area contributed by atoms with E-state index in [4.69, 9.17) is 4.74 Å². The number of piperidine rings is 1. The van der Waals surface area contributed by atoms with E-state index in [-0.39, 0.29) is 38.0 Å². The first-order valence-electron chi connectivity index (χ1n) is 8.48. The van der Waals surface area contributed by atoms with Crippen molar-refractivity contribution in [1.29, 1.82) is 0 Å². The predicted octanol–water partition coefficient (Wildman–Crippen LogP) is 3.24. The van der Waals surface area contributed by atoms with Crippen LogP contribution in [-0.2, 0) is 16.0 Å². The predicted molar refractivity (Wildman–Crippen MR) is 93.9 cm³/mol. The minimum atomic E-state index is -1.13. The number of likely N-dealkylation sites (tertiary alicyclic amines) is 1. The Morgan fingerprint density at radius 3 is 2.35 bits per heavy atom. The molecule has 1 N–H and O–H groups in total. The van der Waals surface area contributed by atoms with Crippen molar-refractivity contribution < 1.29 is 24.4 Å². The third-order valence-electron chi connectivity index (χ3n) is 4.54. The summed E-state index contributed by atoms with van der Waals surface area (Å²) in [5, 5.41) is 21.0. The van der Waals surface area contributed by atoms with E-state index in [0.717, 1.165) is 0 Å². The topological polar surface area (TPSA) is 110 Å². The molecule has 0 bridgehead atoms. The van der Waals surface area contributed by atoms with E-state index < -0.39 is 28.0 Å². The maximum Gasteiger partial charge on any atom is 0.410 e. The molecule has 1 aliphatic heterocycles. The Bertz CT molecular complexity index is 702. The molecule has 0 atom stereocenters. The SMILES string of the molecule is CC(C)(C)OC(=O)N1CCC(Cc2ccccc2[N+](=O)[O-])(C(=O)O)CC1. The number of amides is 1. The normalized spacial score (nSPS) is 16.8. The Labute approximate surface area is 151 Å². The Morgan fingerprint density at radius 1 is 1.27 bits per heavy atom. The molecule has 0 saturated carbocycles. The number of nitrogens with zero attached hydrogens (tertiary/aromatic N) is 2. The number of rotatable bonds is 4. The van der Waals surface area contributed by atoms with E-state index in [0.29, 0.717) is 5.56 Å². The van der Waals surface area contributed by atoms with E-state index >= 15 is 0 Å². The number of benzene rings is 1. The number of carbonyl (C=O) groups is 2. The van der Waals surface area contributed by atoms with Gasteiger partial charge in [0.25, 0.3) is 5.69 Å². The van der Waals surface area contributed by atoms with Crippen molar-refractivity contribution in [2.45, 2.75) is 45.6 Å². The van der Waals surface area contributed by atoms with Crippen molar-refractivity contribution >= 4 is 17.7 Å². The van der Waals surface area contributed by atoms with Gasteiger partial charge in [-0.15, -0.1) is 0 Å². The molecule has 26 heavy (non-hydrogen) atoms. The van der Waals surface area contributed by atoms with Crippen LogP contribution in [0.15, 0.2) is 24.3 Å². The van der Waals surface area contributed by atoms with Gasteiger partial charge in [-0.3, -0.25) is 14.9 Å². The lowest BCUT2D eigenvalue weighted by atomic mass is 9.73. The number of nitro benzene ring substituents is 1. The van der Waals surface area contributed by atoms with Crippen molar-refractivity contribution in [2.24, 2.45) is 5.41 Å². The average molecular weight is 364 g/mol. The first-order chi connectivity index (χ1) is 12.0. The maximum atomic E-state index is 12.2. The Kier molecular flexibility index (Phi) is 5.53. The highest BCUT2D eigenvalue weighted by atomic mass is 16.6. The molecule has 0 radical (unpaired) electrons. The number of ether oxygens (including phenoxy) is 1. The van der Waals surface area contributed by atoms with Crippen LogP contribution in [-0.4, -0.2) is 45.7 Å². The number of hydrogen-bond acceptors (Lipinski definition) is 5. The fourth-order valence-corrected chi connectivity index (χ4v) is 3.11. The van der Waals surface area contributed by atoms with Crippen LogP contribution in [0.2, 0.25) is 0 Å². The molecule has 0 spiro atoms. The van der Waals surface area contributed by atoms with Gasteiger partial charge < -0.3 is 14.7 Å². The molecule has 0 aliphatic carbocycles. The van der Waals surface area contributed by atoms with Crippen molar-refractivity contribution in [3.05, 3.63) is 39.9 Å². The third-order valence-corrected chi connectivity index (χ3v) is 4.54. The maximum absolute atomic E-state index is 12.2. The van der Waals surface area contributed by atoms with Crippen molar-refractivity contribution in [2.75, 3.05) is 13.1 Å². The molecule has 0 unspecified atom stereocenters. The van der Waals surface area contributed by atoms with Gasteiger partial charge in [0, 0.05) is 24.7 Å². The fraction of sp³-hybridized carbons (Fsp3) is 0.556. The molecule has 0 aromatic heterocycles. The van der Waals surface area contributed by atoms with Crippen molar-refractivity contribution in [1.82, 2.24) is 4.90 Å². The lowest BCUT2D eigenvalue weighted by molar-refractivity contribution is -0.385. The van der Waals surface area contributed by atoms with Gasteiger partial charge in [-0.2, -0.15) is 0 Å². The molecule has 1 aromatic rings. The summed E-state index contributed by atoms with van der Waals surface area (Å²) in [6.07, 6.45) is 0.0188. The number of nitro groups is 1.